The second-order valence-corrected chi connectivity index (χ2v) is 6.49. The summed E-state index contributed by atoms with van der Waals surface area (Å²) < 4.78 is 0. The average molecular weight is 335 g/mol. The quantitative estimate of drug-likeness (QED) is 0.834. The number of aryl methyl sites for hydroxylation is 2. The first-order chi connectivity index (χ1) is 11.8. The molecule has 0 unspecified atom stereocenters. The Morgan fingerprint density at radius 3 is 2.12 bits per heavy atom. The standard InChI is InChI=1S/C20H21N3O2/c1-13-7-5-8-14(2)17(13)23-19(25)20(3,4)18(24)22-16-10-6-9-15(11-16)12-21/h5-11H,1-4H3,(H,22,24)(H,23,25). The number of nitrogens with zero attached hydrogens (tertiary/aromatic N) is 1. The molecule has 2 amide bonds. The molecule has 128 valence electrons. The van der Waals surface area contributed by atoms with E-state index in [0.29, 0.717) is 11.3 Å². The van der Waals surface area contributed by atoms with Crippen LogP contribution in [0.2, 0.25) is 0 Å². The fourth-order valence-corrected chi connectivity index (χ4v) is 2.34. The number of carbonyl (C=O) groups excluding carboxylic acids is 2. The van der Waals surface area contributed by atoms with E-state index >= 15 is 0 Å². The zero-order valence-corrected chi connectivity index (χ0v) is 14.8. The number of nitrogens with one attached hydrogen (secondary N) is 2. The molecular weight excluding hydrogens is 314 g/mol. The third-order valence-electron chi connectivity index (χ3n) is 4.10. The van der Waals surface area contributed by atoms with E-state index in [9.17, 15) is 9.59 Å². The van der Waals surface area contributed by atoms with Crippen molar-refractivity contribution >= 4 is 23.2 Å². The van der Waals surface area contributed by atoms with Gasteiger partial charge in [0.15, 0.2) is 0 Å². The Bertz CT molecular complexity index is 843. The fourth-order valence-electron chi connectivity index (χ4n) is 2.34. The maximum atomic E-state index is 12.7. The van der Waals surface area contributed by atoms with Crippen molar-refractivity contribution < 1.29 is 9.59 Å². The first-order valence-corrected chi connectivity index (χ1v) is 7.95. The van der Waals surface area contributed by atoms with Crippen molar-refractivity contribution in [3.8, 4) is 6.07 Å². The van der Waals surface area contributed by atoms with Crippen LogP contribution in [0.5, 0.6) is 0 Å². The van der Waals surface area contributed by atoms with Gasteiger partial charge in [-0.05, 0) is 57.0 Å². The Labute approximate surface area is 147 Å². The lowest BCUT2D eigenvalue weighted by Gasteiger charge is -2.24. The smallest absolute Gasteiger partial charge is 0.239 e. The monoisotopic (exact) mass is 335 g/mol. The van der Waals surface area contributed by atoms with Crippen LogP contribution in [0.3, 0.4) is 0 Å². The second-order valence-electron chi connectivity index (χ2n) is 6.49. The molecule has 2 aromatic rings. The SMILES string of the molecule is Cc1cccc(C)c1NC(=O)C(C)(C)C(=O)Nc1cccc(C#N)c1. The topological polar surface area (TPSA) is 82.0 Å². The first-order valence-electron chi connectivity index (χ1n) is 7.95. The molecule has 5 nitrogen and oxygen atoms in total. The lowest BCUT2D eigenvalue weighted by molar-refractivity contribution is -0.135. The third kappa shape index (κ3) is 4.04. The molecule has 0 aliphatic carbocycles. The molecule has 0 aliphatic rings. The predicted molar refractivity (Wildman–Crippen MR) is 98.1 cm³/mol. The van der Waals surface area contributed by atoms with Gasteiger partial charge in [0.1, 0.15) is 5.41 Å². The zero-order chi connectivity index (χ0) is 18.6. The van der Waals surface area contributed by atoms with E-state index in [-0.39, 0.29) is 5.91 Å². The van der Waals surface area contributed by atoms with Crippen molar-refractivity contribution in [1.29, 1.82) is 5.26 Å². The number of nitriles is 1. The van der Waals surface area contributed by atoms with Crippen molar-refractivity contribution in [3.05, 3.63) is 59.2 Å². The number of anilines is 2. The number of para-hydroxylation sites is 1. The molecule has 0 aromatic heterocycles. The van der Waals surface area contributed by atoms with Crippen LogP contribution in [-0.4, -0.2) is 11.8 Å². The minimum absolute atomic E-state index is 0.390. The Morgan fingerprint density at radius 2 is 1.52 bits per heavy atom. The van der Waals surface area contributed by atoms with Gasteiger partial charge >= 0.3 is 0 Å². The predicted octanol–water partition coefficient (Wildman–Crippen LogP) is 3.78. The molecule has 0 heterocycles. The highest BCUT2D eigenvalue weighted by Gasteiger charge is 2.36. The van der Waals surface area contributed by atoms with Crippen molar-refractivity contribution in [2.24, 2.45) is 5.41 Å². The number of carbonyl (C=O) groups is 2. The summed E-state index contributed by atoms with van der Waals surface area (Å²) in [5.41, 5.74) is 2.24. The van der Waals surface area contributed by atoms with Crippen LogP contribution >= 0.6 is 0 Å². The van der Waals surface area contributed by atoms with E-state index in [1.165, 1.54) is 0 Å². The normalized spacial score (nSPS) is 10.7. The highest BCUT2D eigenvalue weighted by molar-refractivity contribution is 6.14. The molecule has 2 aromatic carbocycles. The van der Waals surface area contributed by atoms with Crippen molar-refractivity contribution in [3.63, 3.8) is 0 Å². The van der Waals surface area contributed by atoms with Gasteiger partial charge in [0.05, 0.1) is 11.6 Å². The van der Waals surface area contributed by atoms with Gasteiger partial charge < -0.3 is 10.6 Å². The van der Waals surface area contributed by atoms with Crippen molar-refractivity contribution in [2.75, 3.05) is 10.6 Å². The van der Waals surface area contributed by atoms with Crippen molar-refractivity contribution in [2.45, 2.75) is 27.7 Å². The molecule has 25 heavy (non-hydrogen) atoms. The molecular formula is C20H21N3O2. The molecule has 2 rings (SSSR count). The van der Waals surface area contributed by atoms with Crippen molar-refractivity contribution in [1.82, 2.24) is 0 Å². The molecule has 0 saturated heterocycles. The van der Waals surface area contributed by atoms with Crippen LogP contribution in [0.4, 0.5) is 11.4 Å². The van der Waals surface area contributed by atoms with Gasteiger partial charge in [-0.25, -0.2) is 0 Å². The summed E-state index contributed by atoms with van der Waals surface area (Å²) in [6.45, 7) is 6.95. The Kier molecular flexibility index (Phi) is 5.23. The number of rotatable bonds is 4. The van der Waals surface area contributed by atoms with Gasteiger partial charge in [0, 0.05) is 11.4 Å². The summed E-state index contributed by atoms with van der Waals surface area (Å²) in [4.78, 5) is 25.2. The lowest BCUT2D eigenvalue weighted by atomic mass is 9.90. The minimum Gasteiger partial charge on any atom is -0.325 e. The Morgan fingerprint density at radius 1 is 0.960 bits per heavy atom. The van der Waals surface area contributed by atoms with Crippen LogP contribution in [0.25, 0.3) is 0 Å². The fraction of sp³-hybridized carbons (Fsp3) is 0.250. The van der Waals surface area contributed by atoms with Crippen LogP contribution < -0.4 is 10.6 Å². The molecule has 0 aliphatic heterocycles. The van der Waals surface area contributed by atoms with E-state index < -0.39 is 11.3 Å². The lowest BCUT2D eigenvalue weighted by Crippen LogP contribution is -2.41. The summed E-state index contributed by atoms with van der Waals surface area (Å²) >= 11 is 0. The number of benzene rings is 2. The summed E-state index contributed by atoms with van der Waals surface area (Å²) in [5, 5.41) is 14.5. The Hall–Kier alpha value is -3.13. The molecule has 0 atom stereocenters. The highest BCUT2D eigenvalue weighted by Crippen LogP contribution is 2.25. The summed E-state index contributed by atoms with van der Waals surface area (Å²) in [7, 11) is 0. The molecule has 5 heteroatoms. The summed E-state index contributed by atoms with van der Waals surface area (Å²) in [6.07, 6.45) is 0. The minimum atomic E-state index is -1.28. The van der Waals surface area contributed by atoms with Crippen LogP contribution in [0.15, 0.2) is 42.5 Å². The maximum absolute atomic E-state index is 12.7. The van der Waals surface area contributed by atoms with Gasteiger partial charge in [-0.2, -0.15) is 5.26 Å². The largest absolute Gasteiger partial charge is 0.325 e. The van der Waals surface area contributed by atoms with E-state index in [1.54, 1.807) is 38.1 Å². The van der Waals surface area contributed by atoms with Crippen LogP contribution in [0.1, 0.15) is 30.5 Å². The first kappa shape index (κ1) is 18.2. The van der Waals surface area contributed by atoms with Gasteiger partial charge in [-0.1, -0.05) is 24.3 Å². The zero-order valence-electron chi connectivity index (χ0n) is 14.8. The van der Waals surface area contributed by atoms with E-state index in [1.807, 2.05) is 38.1 Å². The highest BCUT2D eigenvalue weighted by atomic mass is 16.2. The molecule has 0 spiro atoms. The summed E-state index contributed by atoms with van der Waals surface area (Å²) in [6, 6.07) is 14.3. The summed E-state index contributed by atoms with van der Waals surface area (Å²) in [5.74, 6) is -0.829. The third-order valence-corrected chi connectivity index (χ3v) is 4.10. The molecule has 0 bridgehead atoms. The van der Waals surface area contributed by atoms with Gasteiger partial charge in [-0.15, -0.1) is 0 Å². The Balaban J connectivity index is 2.17. The molecule has 0 saturated carbocycles. The molecule has 0 radical (unpaired) electrons. The molecule has 0 fully saturated rings. The van der Waals surface area contributed by atoms with Crippen LogP contribution in [0, 0.1) is 30.6 Å². The van der Waals surface area contributed by atoms with E-state index in [4.69, 9.17) is 5.26 Å². The molecule has 2 N–H and O–H groups in total. The second kappa shape index (κ2) is 7.18. The van der Waals surface area contributed by atoms with Crippen LogP contribution in [-0.2, 0) is 9.59 Å². The van der Waals surface area contributed by atoms with E-state index in [0.717, 1.165) is 16.8 Å². The number of hydrogen-bond acceptors (Lipinski definition) is 3. The number of hydrogen-bond donors (Lipinski definition) is 2. The van der Waals surface area contributed by atoms with Gasteiger partial charge in [0.2, 0.25) is 11.8 Å². The maximum Gasteiger partial charge on any atom is 0.239 e. The van der Waals surface area contributed by atoms with Gasteiger partial charge in [-0.3, -0.25) is 9.59 Å². The number of amides is 2. The van der Waals surface area contributed by atoms with E-state index in [2.05, 4.69) is 10.6 Å². The average Bonchev–Trinajstić information content (AvgIpc) is 2.58. The van der Waals surface area contributed by atoms with Gasteiger partial charge in [0.25, 0.3) is 0 Å².